The van der Waals surface area contributed by atoms with Gasteiger partial charge in [0, 0.05) is 29.0 Å². The van der Waals surface area contributed by atoms with Gasteiger partial charge in [-0.05, 0) is 44.2 Å². The molecule has 0 radical (unpaired) electrons. The monoisotopic (exact) mass is 315 g/mol. The van der Waals surface area contributed by atoms with Crippen molar-refractivity contribution in [1.82, 2.24) is 9.38 Å². The normalized spacial score (nSPS) is 10.9. The SMILES string of the molecule is COc1ccc(Cl)cc1CNc1ccc2nc(C)cn2c1C. The first kappa shape index (κ1) is 14.7. The van der Waals surface area contributed by atoms with Gasteiger partial charge in [-0.1, -0.05) is 11.6 Å². The van der Waals surface area contributed by atoms with E-state index in [1.54, 1.807) is 7.11 Å². The van der Waals surface area contributed by atoms with E-state index in [0.717, 1.165) is 34.0 Å². The number of pyridine rings is 1. The highest BCUT2D eigenvalue weighted by Gasteiger charge is 2.08. The number of ether oxygens (including phenoxy) is 1. The van der Waals surface area contributed by atoms with Crippen molar-refractivity contribution in [2.24, 2.45) is 0 Å². The van der Waals surface area contributed by atoms with Crippen LogP contribution in [0.2, 0.25) is 5.02 Å². The number of benzene rings is 1. The summed E-state index contributed by atoms with van der Waals surface area (Å²) in [5.41, 5.74) is 5.18. The zero-order valence-corrected chi connectivity index (χ0v) is 13.6. The summed E-state index contributed by atoms with van der Waals surface area (Å²) in [4.78, 5) is 4.47. The van der Waals surface area contributed by atoms with Crippen molar-refractivity contribution in [2.75, 3.05) is 12.4 Å². The Balaban J connectivity index is 1.88. The third-order valence-corrected chi connectivity index (χ3v) is 3.95. The summed E-state index contributed by atoms with van der Waals surface area (Å²) in [6, 6.07) is 9.69. The molecule has 0 unspecified atom stereocenters. The molecule has 0 spiro atoms. The molecule has 1 aromatic carbocycles. The van der Waals surface area contributed by atoms with Gasteiger partial charge in [0.1, 0.15) is 11.4 Å². The molecule has 3 rings (SSSR count). The van der Waals surface area contributed by atoms with Crippen LogP contribution >= 0.6 is 11.6 Å². The van der Waals surface area contributed by atoms with Crippen molar-refractivity contribution in [2.45, 2.75) is 20.4 Å². The van der Waals surface area contributed by atoms with Crippen molar-refractivity contribution in [1.29, 1.82) is 0 Å². The summed E-state index contributed by atoms with van der Waals surface area (Å²) in [5, 5.41) is 4.15. The Bertz CT molecular complexity index is 826. The van der Waals surface area contributed by atoms with Gasteiger partial charge in [0.25, 0.3) is 0 Å². The maximum Gasteiger partial charge on any atom is 0.137 e. The van der Waals surface area contributed by atoms with E-state index >= 15 is 0 Å². The summed E-state index contributed by atoms with van der Waals surface area (Å²) in [5.74, 6) is 0.828. The van der Waals surface area contributed by atoms with Crippen LogP contribution in [0, 0.1) is 13.8 Å². The van der Waals surface area contributed by atoms with Crippen molar-refractivity contribution in [3.8, 4) is 5.75 Å². The second-order valence-electron chi connectivity index (χ2n) is 5.25. The Morgan fingerprint density at radius 3 is 2.82 bits per heavy atom. The largest absolute Gasteiger partial charge is 0.496 e. The second kappa shape index (κ2) is 5.89. The fourth-order valence-electron chi connectivity index (χ4n) is 2.57. The lowest BCUT2D eigenvalue weighted by molar-refractivity contribution is 0.410. The number of hydrogen-bond acceptors (Lipinski definition) is 3. The number of fused-ring (bicyclic) bond motifs is 1. The fraction of sp³-hybridized carbons (Fsp3) is 0.235. The highest BCUT2D eigenvalue weighted by molar-refractivity contribution is 6.30. The van der Waals surface area contributed by atoms with Crippen LogP contribution in [0.1, 0.15) is 17.0 Å². The molecule has 2 aromatic heterocycles. The van der Waals surface area contributed by atoms with Gasteiger partial charge < -0.3 is 14.5 Å². The van der Waals surface area contributed by atoms with Crippen LogP contribution in [0.25, 0.3) is 5.65 Å². The van der Waals surface area contributed by atoms with Crippen molar-refractivity contribution >= 4 is 22.9 Å². The Hall–Kier alpha value is -2.20. The smallest absolute Gasteiger partial charge is 0.137 e. The molecule has 0 atom stereocenters. The van der Waals surface area contributed by atoms with Crippen LogP contribution in [-0.4, -0.2) is 16.5 Å². The Labute approximate surface area is 134 Å². The van der Waals surface area contributed by atoms with Crippen LogP contribution in [0.5, 0.6) is 5.75 Å². The van der Waals surface area contributed by atoms with Crippen LogP contribution in [0.4, 0.5) is 5.69 Å². The summed E-state index contributed by atoms with van der Waals surface area (Å²) in [7, 11) is 1.66. The summed E-state index contributed by atoms with van der Waals surface area (Å²) in [6.07, 6.45) is 2.04. The molecule has 2 heterocycles. The van der Waals surface area contributed by atoms with Gasteiger partial charge in [-0.25, -0.2) is 4.98 Å². The van der Waals surface area contributed by atoms with E-state index in [9.17, 15) is 0 Å². The molecule has 0 aliphatic carbocycles. The van der Waals surface area contributed by atoms with E-state index in [0.29, 0.717) is 11.6 Å². The summed E-state index contributed by atoms with van der Waals surface area (Å²) in [6.45, 7) is 4.71. The minimum atomic E-state index is 0.643. The molecule has 4 nitrogen and oxygen atoms in total. The Morgan fingerprint density at radius 1 is 1.23 bits per heavy atom. The lowest BCUT2D eigenvalue weighted by atomic mass is 10.2. The molecule has 0 aliphatic heterocycles. The van der Waals surface area contributed by atoms with Crippen molar-refractivity contribution < 1.29 is 4.74 Å². The maximum absolute atomic E-state index is 6.07. The van der Waals surface area contributed by atoms with Crippen LogP contribution in [0.15, 0.2) is 36.5 Å². The number of nitrogens with zero attached hydrogens (tertiary/aromatic N) is 2. The molecular formula is C17H18ClN3O. The predicted octanol–water partition coefficient (Wildman–Crippen LogP) is 4.23. The zero-order chi connectivity index (χ0) is 15.7. The van der Waals surface area contributed by atoms with Gasteiger partial charge in [0.2, 0.25) is 0 Å². The number of methoxy groups -OCH3 is 1. The predicted molar refractivity (Wildman–Crippen MR) is 90.0 cm³/mol. The highest BCUT2D eigenvalue weighted by Crippen LogP contribution is 2.25. The third-order valence-electron chi connectivity index (χ3n) is 3.72. The van der Waals surface area contributed by atoms with E-state index in [-0.39, 0.29) is 0 Å². The molecule has 0 aliphatic rings. The molecule has 0 saturated heterocycles. The molecule has 114 valence electrons. The van der Waals surface area contributed by atoms with Gasteiger partial charge in [0.05, 0.1) is 18.5 Å². The van der Waals surface area contributed by atoms with E-state index in [1.807, 2.05) is 43.5 Å². The van der Waals surface area contributed by atoms with Crippen LogP contribution < -0.4 is 10.1 Å². The number of aromatic nitrogens is 2. The van der Waals surface area contributed by atoms with Crippen LogP contribution in [-0.2, 0) is 6.54 Å². The van der Waals surface area contributed by atoms with Gasteiger partial charge in [0.15, 0.2) is 0 Å². The number of anilines is 1. The van der Waals surface area contributed by atoms with Gasteiger partial charge >= 0.3 is 0 Å². The molecular weight excluding hydrogens is 298 g/mol. The van der Waals surface area contributed by atoms with E-state index in [1.165, 1.54) is 0 Å². The summed E-state index contributed by atoms with van der Waals surface area (Å²) >= 11 is 6.07. The Morgan fingerprint density at radius 2 is 2.05 bits per heavy atom. The minimum absolute atomic E-state index is 0.643. The standard InChI is InChI=1S/C17H18ClN3O/c1-11-10-21-12(2)15(5-7-17(21)20-11)19-9-13-8-14(18)4-6-16(13)22-3/h4-8,10,19H,9H2,1-3H3. The van der Waals surface area contributed by atoms with Crippen molar-refractivity contribution in [3.63, 3.8) is 0 Å². The molecule has 3 aromatic rings. The molecule has 0 bridgehead atoms. The van der Waals surface area contributed by atoms with Gasteiger partial charge in [-0.15, -0.1) is 0 Å². The number of halogens is 1. The lowest BCUT2D eigenvalue weighted by Gasteiger charge is -2.13. The van der Waals surface area contributed by atoms with Gasteiger partial charge in [-0.2, -0.15) is 0 Å². The fourth-order valence-corrected chi connectivity index (χ4v) is 2.77. The highest BCUT2D eigenvalue weighted by atomic mass is 35.5. The molecule has 22 heavy (non-hydrogen) atoms. The molecule has 1 N–H and O–H groups in total. The van der Waals surface area contributed by atoms with E-state index < -0.39 is 0 Å². The first-order valence-corrected chi connectivity index (χ1v) is 7.48. The number of imidazole rings is 1. The maximum atomic E-state index is 6.07. The number of hydrogen-bond donors (Lipinski definition) is 1. The van der Waals surface area contributed by atoms with Gasteiger partial charge in [-0.3, -0.25) is 0 Å². The van der Waals surface area contributed by atoms with E-state index in [4.69, 9.17) is 16.3 Å². The van der Waals surface area contributed by atoms with Crippen LogP contribution in [0.3, 0.4) is 0 Å². The van der Waals surface area contributed by atoms with E-state index in [2.05, 4.69) is 21.6 Å². The van der Waals surface area contributed by atoms with Crippen molar-refractivity contribution in [3.05, 3.63) is 58.5 Å². The average molecular weight is 316 g/mol. The number of nitrogens with one attached hydrogen (secondary N) is 1. The Kier molecular flexibility index (Phi) is 3.94. The first-order valence-electron chi connectivity index (χ1n) is 7.10. The third kappa shape index (κ3) is 2.74. The molecule has 0 saturated carbocycles. The second-order valence-corrected chi connectivity index (χ2v) is 5.69. The first-order chi connectivity index (χ1) is 10.6. The summed E-state index contributed by atoms with van der Waals surface area (Å²) < 4.78 is 7.47. The topological polar surface area (TPSA) is 38.6 Å². The molecule has 5 heteroatoms. The molecule has 0 fully saturated rings. The average Bonchev–Trinajstić information content (AvgIpc) is 2.88. The quantitative estimate of drug-likeness (QED) is 0.783. The minimum Gasteiger partial charge on any atom is -0.496 e. The number of rotatable bonds is 4. The molecule has 0 amide bonds. The zero-order valence-electron chi connectivity index (χ0n) is 12.9. The number of aryl methyl sites for hydroxylation is 2. The lowest BCUT2D eigenvalue weighted by Crippen LogP contribution is -2.05.